The van der Waals surface area contributed by atoms with Crippen molar-refractivity contribution in [3.05, 3.63) is 83.3 Å². The lowest BCUT2D eigenvalue weighted by molar-refractivity contribution is -0.116. The first-order valence-corrected chi connectivity index (χ1v) is 8.78. The minimum atomic E-state index is -0.0427. The first-order chi connectivity index (χ1) is 12.3. The van der Waals surface area contributed by atoms with Crippen molar-refractivity contribution in [2.45, 2.75) is 25.2 Å². The van der Waals surface area contributed by atoms with Crippen molar-refractivity contribution in [3.63, 3.8) is 0 Å². The van der Waals surface area contributed by atoms with Crippen LogP contribution in [0.3, 0.4) is 0 Å². The van der Waals surface area contributed by atoms with E-state index >= 15 is 0 Å². The Balaban J connectivity index is 1.85. The van der Waals surface area contributed by atoms with Crippen molar-refractivity contribution in [1.82, 2.24) is 4.98 Å². The number of fused-ring (bicyclic) bond motifs is 3. The molecule has 0 radical (unpaired) electrons. The predicted octanol–water partition coefficient (Wildman–Crippen LogP) is 4.80. The zero-order valence-electron chi connectivity index (χ0n) is 13.8. The predicted molar refractivity (Wildman–Crippen MR) is 99.5 cm³/mol. The topological polar surface area (TPSA) is 42.0 Å². The van der Waals surface area contributed by atoms with E-state index in [1.54, 1.807) is 6.20 Å². The molecule has 0 saturated carbocycles. The summed E-state index contributed by atoms with van der Waals surface area (Å²) in [5.74, 6) is 0.222. The highest BCUT2D eigenvalue weighted by atomic mass is 16.1. The Kier molecular flexibility index (Phi) is 3.20. The van der Waals surface area contributed by atoms with Crippen molar-refractivity contribution < 1.29 is 4.79 Å². The lowest BCUT2D eigenvalue weighted by Crippen LogP contribution is -2.27. The molecule has 25 heavy (non-hydrogen) atoms. The Labute approximate surface area is 146 Å². The minimum Gasteiger partial charge on any atom is -0.358 e. The molecule has 0 saturated heterocycles. The van der Waals surface area contributed by atoms with Gasteiger partial charge in [-0.15, -0.1) is 0 Å². The van der Waals surface area contributed by atoms with Gasteiger partial charge >= 0.3 is 0 Å². The third-order valence-electron chi connectivity index (χ3n) is 5.31. The van der Waals surface area contributed by atoms with E-state index in [1.807, 2.05) is 12.3 Å². The molecule has 5 rings (SSSR count). The monoisotopic (exact) mass is 326 g/mol. The zero-order valence-corrected chi connectivity index (χ0v) is 13.8. The highest BCUT2D eigenvalue weighted by Gasteiger charge is 2.35. The Morgan fingerprint density at radius 1 is 1.00 bits per heavy atom. The second-order valence-corrected chi connectivity index (χ2v) is 6.76. The molecular formula is C22H18N2O. The standard InChI is InChI=1S/C22H18N2O/c25-19-9-3-8-17-22(19)20(15-6-4-12-23-13-15)21-16-7-2-1-5-14(16)10-11-18(21)24-17/h1-2,4-7,10-13,20,24H,3,8-9H2/t20-/m0/s1. The fourth-order valence-electron chi connectivity index (χ4n) is 4.23. The number of allylic oxidation sites excluding steroid dienone is 2. The molecule has 3 nitrogen and oxygen atoms in total. The van der Waals surface area contributed by atoms with Crippen LogP contribution in [0, 0.1) is 0 Å². The zero-order chi connectivity index (χ0) is 16.8. The molecule has 1 aromatic heterocycles. The van der Waals surface area contributed by atoms with E-state index < -0.39 is 0 Å². The molecule has 1 aliphatic heterocycles. The third kappa shape index (κ3) is 2.19. The number of nitrogens with zero attached hydrogens (tertiary/aromatic N) is 1. The van der Waals surface area contributed by atoms with Crippen LogP contribution in [0.15, 0.2) is 72.2 Å². The molecule has 1 atom stereocenters. The molecule has 2 aromatic carbocycles. The van der Waals surface area contributed by atoms with Gasteiger partial charge in [0, 0.05) is 41.7 Å². The molecule has 2 heterocycles. The average Bonchev–Trinajstić information content (AvgIpc) is 2.67. The number of hydrogen-bond acceptors (Lipinski definition) is 3. The number of hydrogen-bond donors (Lipinski definition) is 1. The molecule has 0 fully saturated rings. The van der Waals surface area contributed by atoms with Gasteiger partial charge in [0.05, 0.1) is 0 Å². The number of nitrogens with one attached hydrogen (secondary N) is 1. The Bertz CT molecular complexity index is 1020. The Hall–Kier alpha value is -2.94. The van der Waals surface area contributed by atoms with Crippen molar-refractivity contribution in [2.24, 2.45) is 0 Å². The molecular weight excluding hydrogens is 308 g/mol. The quantitative estimate of drug-likeness (QED) is 0.698. The van der Waals surface area contributed by atoms with E-state index in [0.29, 0.717) is 6.42 Å². The van der Waals surface area contributed by atoms with Gasteiger partial charge in [0.15, 0.2) is 5.78 Å². The van der Waals surface area contributed by atoms with Crippen molar-refractivity contribution in [2.75, 3.05) is 5.32 Å². The number of pyridine rings is 1. The number of ketones is 1. The van der Waals surface area contributed by atoms with Gasteiger partial charge in [-0.05, 0) is 46.9 Å². The molecule has 0 spiro atoms. The molecule has 1 N–H and O–H groups in total. The van der Waals surface area contributed by atoms with E-state index in [2.05, 4.69) is 52.8 Å². The maximum atomic E-state index is 12.8. The fraction of sp³-hybridized carbons (Fsp3) is 0.182. The maximum absolute atomic E-state index is 12.8. The summed E-state index contributed by atoms with van der Waals surface area (Å²) in [4.78, 5) is 17.2. The van der Waals surface area contributed by atoms with Gasteiger partial charge in [0.1, 0.15) is 0 Å². The average molecular weight is 326 g/mol. The summed E-state index contributed by atoms with van der Waals surface area (Å²) >= 11 is 0. The van der Waals surface area contributed by atoms with Crippen LogP contribution in [-0.4, -0.2) is 10.8 Å². The van der Waals surface area contributed by atoms with Crippen LogP contribution >= 0.6 is 0 Å². The molecule has 0 bridgehead atoms. The SMILES string of the molecule is O=C1CCCC2=C1[C@@H](c1cccnc1)c1c(ccc3ccccc13)N2. The Morgan fingerprint density at radius 3 is 2.80 bits per heavy atom. The van der Waals surface area contributed by atoms with Crippen molar-refractivity contribution in [3.8, 4) is 0 Å². The van der Waals surface area contributed by atoms with E-state index in [0.717, 1.165) is 35.4 Å². The molecule has 3 heteroatoms. The summed E-state index contributed by atoms with van der Waals surface area (Å²) in [6.45, 7) is 0. The minimum absolute atomic E-state index is 0.0427. The number of benzene rings is 2. The van der Waals surface area contributed by atoms with Gasteiger partial charge in [-0.25, -0.2) is 0 Å². The van der Waals surface area contributed by atoms with Gasteiger partial charge in [-0.1, -0.05) is 36.4 Å². The molecule has 2 aliphatic rings. The second-order valence-electron chi connectivity index (χ2n) is 6.76. The highest BCUT2D eigenvalue weighted by molar-refractivity contribution is 6.04. The van der Waals surface area contributed by atoms with Crippen LogP contribution < -0.4 is 5.32 Å². The summed E-state index contributed by atoms with van der Waals surface area (Å²) in [6, 6.07) is 16.7. The summed E-state index contributed by atoms with van der Waals surface area (Å²) in [5, 5.41) is 5.96. The largest absolute Gasteiger partial charge is 0.358 e. The Morgan fingerprint density at radius 2 is 1.92 bits per heavy atom. The molecule has 0 unspecified atom stereocenters. The smallest absolute Gasteiger partial charge is 0.161 e. The van der Waals surface area contributed by atoms with Crippen LogP contribution in [0.25, 0.3) is 10.8 Å². The number of carbonyl (C=O) groups is 1. The van der Waals surface area contributed by atoms with Crippen LogP contribution in [0.2, 0.25) is 0 Å². The van der Waals surface area contributed by atoms with Crippen LogP contribution in [-0.2, 0) is 4.79 Å². The van der Waals surface area contributed by atoms with E-state index in [9.17, 15) is 4.79 Å². The molecule has 1 aliphatic carbocycles. The first-order valence-electron chi connectivity index (χ1n) is 8.78. The van der Waals surface area contributed by atoms with Crippen LogP contribution in [0.1, 0.15) is 36.3 Å². The van der Waals surface area contributed by atoms with Crippen molar-refractivity contribution in [1.29, 1.82) is 0 Å². The van der Waals surface area contributed by atoms with Gasteiger partial charge < -0.3 is 5.32 Å². The van der Waals surface area contributed by atoms with Gasteiger partial charge in [-0.3, -0.25) is 9.78 Å². The van der Waals surface area contributed by atoms with Gasteiger partial charge in [-0.2, -0.15) is 0 Å². The summed E-state index contributed by atoms with van der Waals surface area (Å²) in [7, 11) is 0. The lowest BCUT2D eigenvalue weighted by Gasteiger charge is -2.34. The van der Waals surface area contributed by atoms with Crippen molar-refractivity contribution >= 4 is 22.2 Å². The van der Waals surface area contributed by atoms with E-state index in [-0.39, 0.29) is 11.7 Å². The molecule has 3 aromatic rings. The summed E-state index contributed by atoms with van der Waals surface area (Å²) in [5.41, 5.74) is 5.42. The molecule has 122 valence electrons. The second kappa shape index (κ2) is 5.55. The summed E-state index contributed by atoms with van der Waals surface area (Å²) in [6.07, 6.45) is 6.18. The van der Waals surface area contributed by atoms with Gasteiger partial charge in [0.25, 0.3) is 0 Å². The lowest BCUT2D eigenvalue weighted by atomic mass is 9.74. The molecule has 0 amide bonds. The highest BCUT2D eigenvalue weighted by Crippen LogP contribution is 2.47. The normalized spacial score (nSPS) is 19.4. The fourth-order valence-corrected chi connectivity index (χ4v) is 4.23. The third-order valence-corrected chi connectivity index (χ3v) is 5.31. The summed E-state index contributed by atoms with van der Waals surface area (Å²) < 4.78 is 0. The number of carbonyl (C=O) groups excluding carboxylic acids is 1. The number of Topliss-reactive ketones (excluding diaryl/α,β-unsaturated/α-hetero) is 1. The number of anilines is 1. The van der Waals surface area contributed by atoms with Crippen LogP contribution in [0.4, 0.5) is 5.69 Å². The van der Waals surface area contributed by atoms with E-state index in [4.69, 9.17) is 0 Å². The van der Waals surface area contributed by atoms with E-state index in [1.165, 1.54) is 16.3 Å². The number of rotatable bonds is 1. The van der Waals surface area contributed by atoms with Gasteiger partial charge in [0.2, 0.25) is 0 Å². The first kappa shape index (κ1) is 14.4. The van der Waals surface area contributed by atoms with Crippen LogP contribution in [0.5, 0.6) is 0 Å². The maximum Gasteiger partial charge on any atom is 0.161 e. The number of aromatic nitrogens is 1.